The molecule has 0 aliphatic heterocycles. The minimum Gasteiger partial charge on any atom is -0.370 e. The summed E-state index contributed by atoms with van der Waals surface area (Å²) in [5.74, 6) is 0.587. The summed E-state index contributed by atoms with van der Waals surface area (Å²) in [6.45, 7) is 11.3. The van der Waals surface area contributed by atoms with E-state index in [1.807, 2.05) is 74.5 Å². The highest BCUT2D eigenvalue weighted by molar-refractivity contribution is 7.47. The molecule has 2 aromatic carbocycles. The third kappa shape index (κ3) is 7.98. The van der Waals surface area contributed by atoms with Crippen LogP contribution >= 0.6 is 7.82 Å². The minimum atomic E-state index is -4.33. The Hall–Kier alpha value is -1.53. The Kier molecular flexibility index (Phi) is 10.5. The van der Waals surface area contributed by atoms with Crippen molar-refractivity contribution < 1.29 is 28.0 Å². The van der Waals surface area contributed by atoms with Crippen LogP contribution in [-0.4, -0.2) is 29.8 Å². The second-order valence-electron chi connectivity index (χ2n) is 9.95. The summed E-state index contributed by atoms with van der Waals surface area (Å²) in [6, 6.07) is 19.8. The molecule has 0 spiro atoms. The highest BCUT2D eigenvalue weighted by atomic mass is 31.2. The third-order valence-corrected chi connectivity index (χ3v) is 8.37. The van der Waals surface area contributed by atoms with E-state index in [1.165, 1.54) is 0 Å². The van der Waals surface area contributed by atoms with Crippen LogP contribution in [0.5, 0.6) is 0 Å². The van der Waals surface area contributed by atoms with E-state index in [2.05, 4.69) is 20.8 Å². The zero-order valence-electron chi connectivity index (χ0n) is 21.6. The Morgan fingerprint density at radius 3 is 1.69 bits per heavy atom. The van der Waals surface area contributed by atoms with Crippen LogP contribution in [0.3, 0.4) is 0 Å². The highest BCUT2D eigenvalue weighted by Crippen LogP contribution is 2.50. The summed E-state index contributed by atoms with van der Waals surface area (Å²) in [7, 11) is -4.33. The second kappa shape index (κ2) is 13.1. The molecule has 2 aromatic rings. The summed E-state index contributed by atoms with van der Waals surface area (Å²) in [5.41, 5.74) is 2.07. The van der Waals surface area contributed by atoms with Crippen molar-refractivity contribution in [1.82, 2.24) is 0 Å². The molecule has 1 saturated carbocycles. The standard InChI is InChI=1S/C28H41O6P/c1-6-20(2)17-33-35(29,30)34-28-26(31-18-24-13-9-7-10-14-24)22(4)21(3)23(5)27(28)32-19-25-15-11-8-12-16-25/h7-16,20-23,26-28H,6,17-19H2,1-5H3,(H,29,30)/t20-,21?,22?,23?,26?,27?,28?/m0/s1. The van der Waals surface area contributed by atoms with E-state index < -0.39 is 26.1 Å². The molecule has 35 heavy (non-hydrogen) atoms. The van der Waals surface area contributed by atoms with Crippen molar-refractivity contribution in [3.8, 4) is 0 Å². The predicted octanol–water partition coefficient (Wildman–Crippen LogP) is 6.63. The first kappa shape index (κ1) is 28.0. The van der Waals surface area contributed by atoms with E-state index in [-0.39, 0.29) is 30.3 Å². The lowest BCUT2D eigenvalue weighted by Gasteiger charge is -2.48. The normalized spacial score (nSPS) is 29.4. The van der Waals surface area contributed by atoms with Crippen molar-refractivity contribution in [2.45, 2.75) is 72.6 Å². The summed E-state index contributed by atoms with van der Waals surface area (Å²) in [4.78, 5) is 10.7. The van der Waals surface area contributed by atoms with E-state index in [9.17, 15) is 9.46 Å². The minimum absolute atomic E-state index is 0.0878. The first-order valence-corrected chi connectivity index (χ1v) is 14.2. The summed E-state index contributed by atoms with van der Waals surface area (Å²) >= 11 is 0. The first-order chi connectivity index (χ1) is 16.7. The molecule has 1 fully saturated rings. The van der Waals surface area contributed by atoms with E-state index in [4.69, 9.17) is 18.5 Å². The van der Waals surface area contributed by atoms with Crippen molar-refractivity contribution in [1.29, 1.82) is 0 Å². The van der Waals surface area contributed by atoms with Gasteiger partial charge in [-0.2, -0.15) is 0 Å². The maximum absolute atomic E-state index is 13.0. The van der Waals surface area contributed by atoms with Crippen molar-refractivity contribution in [3.63, 3.8) is 0 Å². The molecule has 1 aliphatic rings. The zero-order chi connectivity index (χ0) is 25.4. The average molecular weight is 505 g/mol. The Bertz CT molecular complexity index is 866. The number of phosphoric ester groups is 1. The fourth-order valence-electron chi connectivity index (χ4n) is 4.53. The molecule has 6 atom stereocenters. The van der Waals surface area contributed by atoms with Crippen LogP contribution in [0.2, 0.25) is 0 Å². The fraction of sp³-hybridized carbons (Fsp3) is 0.571. The first-order valence-electron chi connectivity index (χ1n) is 12.7. The second-order valence-corrected chi connectivity index (χ2v) is 11.4. The lowest BCUT2D eigenvalue weighted by atomic mass is 9.70. The van der Waals surface area contributed by atoms with Crippen molar-refractivity contribution in [2.24, 2.45) is 23.7 Å². The van der Waals surface area contributed by atoms with Crippen LogP contribution in [0, 0.1) is 23.7 Å². The Balaban J connectivity index is 1.84. The van der Waals surface area contributed by atoms with Gasteiger partial charge in [-0.05, 0) is 34.8 Å². The SMILES string of the molecule is CC[C@H](C)COP(=O)(O)OC1C(OCc2ccccc2)C(C)C(C)C(C)C1OCc1ccccc1. The smallest absolute Gasteiger partial charge is 0.370 e. The van der Waals surface area contributed by atoms with Crippen LogP contribution in [0.4, 0.5) is 0 Å². The molecule has 0 radical (unpaired) electrons. The van der Waals surface area contributed by atoms with E-state index in [0.717, 1.165) is 17.5 Å². The van der Waals surface area contributed by atoms with Crippen LogP contribution in [0.25, 0.3) is 0 Å². The highest BCUT2D eigenvalue weighted by Gasteiger charge is 2.50. The number of phosphoric acid groups is 1. The van der Waals surface area contributed by atoms with Crippen LogP contribution in [0.15, 0.2) is 60.7 Å². The van der Waals surface area contributed by atoms with Gasteiger partial charge in [0.1, 0.15) is 6.10 Å². The summed E-state index contributed by atoms with van der Waals surface area (Å²) in [5, 5.41) is 0. The molecule has 0 aromatic heterocycles. The van der Waals surface area contributed by atoms with Gasteiger partial charge in [0.05, 0.1) is 32.0 Å². The van der Waals surface area contributed by atoms with Crippen LogP contribution in [0.1, 0.15) is 52.2 Å². The number of rotatable bonds is 12. The van der Waals surface area contributed by atoms with Crippen molar-refractivity contribution in [3.05, 3.63) is 71.8 Å². The van der Waals surface area contributed by atoms with Gasteiger partial charge in [0.25, 0.3) is 0 Å². The molecular weight excluding hydrogens is 463 g/mol. The topological polar surface area (TPSA) is 74.2 Å². The van der Waals surface area contributed by atoms with Crippen molar-refractivity contribution in [2.75, 3.05) is 6.61 Å². The molecule has 1 N–H and O–H groups in total. The van der Waals surface area contributed by atoms with Gasteiger partial charge in [-0.1, -0.05) is 102 Å². The molecule has 0 heterocycles. The molecular formula is C28H41O6P. The maximum Gasteiger partial charge on any atom is 0.472 e. The van der Waals surface area contributed by atoms with Gasteiger partial charge in [0.2, 0.25) is 0 Å². The van der Waals surface area contributed by atoms with Gasteiger partial charge >= 0.3 is 7.82 Å². The summed E-state index contributed by atoms with van der Waals surface area (Å²) < 4.78 is 37.1. The van der Waals surface area contributed by atoms with Crippen molar-refractivity contribution >= 4 is 7.82 Å². The van der Waals surface area contributed by atoms with Gasteiger partial charge in [0.15, 0.2) is 0 Å². The van der Waals surface area contributed by atoms with E-state index in [1.54, 1.807) is 0 Å². The number of ether oxygens (including phenoxy) is 2. The Labute approximate surface area is 210 Å². The van der Waals surface area contributed by atoms with Gasteiger partial charge < -0.3 is 14.4 Å². The molecule has 6 nitrogen and oxygen atoms in total. The number of benzene rings is 2. The molecule has 3 rings (SSSR count). The Morgan fingerprint density at radius 2 is 1.26 bits per heavy atom. The average Bonchev–Trinajstić information content (AvgIpc) is 2.87. The lowest BCUT2D eigenvalue weighted by Crippen LogP contribution is -2.56. The molecule has 7 heteroatoms. The fourth-order valence-corrected chi connectivity index (χ4v) is 5.58. The molecule has 0 bridgehead atoms. The van der Waals surface area contributed by atoms with Crippen LogP contribution in [-0.2, 0) is 36.3 Å². The quantitative estimate of drug-likeness (QED) is 0.327. The molecule has 5 unspecified atom stereocenters. The molecule has 0 amide bonds. The largest absolute Gasteiger partial charge is 0.472 e. The zero-order valence-corrected chi connectivity index (χ0v) is 22.5. The van der Waals surface area contributed by atoms with Crippen LogP contribution < -0.4 is 0 Å². The van der Waals surface area contributed by atoms with Gasteiger partial charge in [-0.3, -0.25) is 9.05 Å². The molecule has 0 saturated heterocycles. The Morgan fingerprint density at radius 1 is 0.800 bits per heavy atom. The monoisotopic (exact) mass is 504 g/mol. The number of hydrogen-bond acceptors (Lipinski definition) is 5. The number of hydrogen-bond donors (Lipinski definition) is 1. The summed E-state index contributed by atoms with van der Waals surface area (Å²) in [6.07, 6.45) is -0.776. The van der Waals surface area contributed by atoms with Gasteiger partial charge in [-0.15, -0.1) is 0 Å². The van der Waals surface area contributed by atoms with Gasteiger partial charge in [0, 0.05) is 0 Å². The predicted molar refractivity (Wildman–Crippen MR) is 138 cm³/mol. The molecule has 194 valence electrons. The maximum atomic E-state index is 13.0. The third-order valence-electron chi connectivity index (χ3n) is 7.39. The van der Waals surface area contributed by atoms with Gasteiger partial charge in [-0.25, -0.2) is 4.57 Å². The van der Waals surface area contributed by atoms with E-state index in [0.29, 0.717) is 13.2 Å². The van der Waals surface area contributed by atoms with E-state index >= 15 is 0 Å². The lowest BCUT2D eigenvalue weighted by molar-refractivity contribution is -0.189. The molecule has 1 aliphatic carbocycles.